The first kappa shape index (κ1) is 16.9. The van der Waals surface area contributed by atoms with Crippen molar-refractivity contribution in [2.45, 2.75) is 32.7 Å². The number of carbonyl (C=O) groups excluding carboxylic acids is 1. The highest BCUT2D eigenvalue weighted by Gasteiger charge is 2.07. The minimum absolute atomic E-state index is 0.0412. The summed E-state index contributed by atoms with van der Waals surface area (Å²) in [5.74, 6) is 0.597. The molecule has 1 amide bonds. The molecule has 0 bridgehead atoms. The molecule has 1 atom stereocenters. The van der Waals surface area contributed by atoms with Gasteiger partial charge < -0.3 is 15.4 Å². The van der Waals surface area contributed by atoms with E-state index < -0.39 is 0 Å². The lowest BCUT2D eigenvalue weighted by atomic mass is 10.2. The van der Waals surface area contributed by atoms with Gasteiger partial charge in [0.2, 0.25) is 0 Å². The van der Waals surface area contributed by atoms with Crippen LogP contribution in [0.3, 0.4) is 0 Å². The van der Waals surface area contributed by atoms with Gasteiger partial charge in [0.25, 0.3) is 5.91 Å². The molecule has 0 spiro atoms. The molecule has 2 aromatic rings. The van der Waals surface area contributed by atoms with Crippen LogP contribution in [0.25, 0.3) is 0 Å². The molecule has 0 aliphatic heterocycles. The Kier molecular flexibility index (Phi) is 6.48. The standard InChI is InChI=1S/C19H24N2O2/c1-3-7-15(2)20-19(22)14-23-18-12-10-17(11-13-18)21-16-8-5-4-6-9-16/h4-6,8-13,15,21H,3,7,14H2,1-2H3,(H,20,22). The monoisotopic (exact) mass is 312 g/mol. The van der Waals surface area contributed by atoms with Gasteiger partial charge in [-0.2, -0.15) is 0 Å². The third kappa shape index (κ3) is 6.02. The fourth-order valence-electron chi connectivity index (χ4n) is 2.29. The Bertz CT molecular complexity index is 597. The van der Waals surface area contributed by atoms with Gasteiger partial charge in [-0.1, -0.05) is 31.5 Å². The molecule has 1 unspecified atom stereocenters. The highest BCUT2D eigenvalue weighted by atomic mass is 16.5. The van der Waals surface area contributed by atoms with Crippen LogP contribution in [-0.4, -0.2) is 18.6 Å². The summed E-state index contributed by atoms with van der Waals surface area (Å²) in [6, 6.07) is 17.7. The molecule has 2 N–H and O–H groups in total. The number of hydrogen-bond acceptors (Lipinski definition) is 3. The zero-order chi connectivity index (χ0) is 16.5. The zero-order valence-electron chi connectivity index (χ0n) is 13.7. The first-order valence-electron chi connectivity index (χ1n) is 8.01. The predicted octanol–water partition coefficient (Wildman–Crippen LogP) is 4.11. The molecule has 4 nitrogen and oxygen atoms in total. The molecular formula is C19H24N2O2. The lowest BCUT2D eigenvalue weighted by Gasteiger charge is -2.13. The molecule has 0 heterocycles. The minimum atomic E-state index is -0.0857. The van der Waals surface area contributed by atoms with Gasteiger partial charge in [0.1, 0.15) is 5.75 Å². The quantitative estimate of drug-likeness (QED) is 0.771. The highest BCUT2D eigenvalue weighted by Crippen LogP contribution is 2.19. The molecule has 0 saturated heterocycles. The molecule has 0 aliphatic rings. The van der Waals surface area contributed by atoms with Gasteiger partial charge in [-0.15, -0.1) is 0 Å². The summed E-state index contributed by atoms with van der Waals surface area (Å²) in [5.41, 5.74) is 2.01. The molecule has 2 aromatic carbocycles. The molecule has 0 aromatic heterocycles. The van der Waals surface area contributed by atoms with E-state index in [1.54, 1.807) is 0 Å². The van der Waals surface area contributed by atoms with E-state index in [0.717, 1.165) is 24.2 Å². The Labute approximate surface area is 137 Å². The average molecular weight is 312 g/mol. The number of carbonyl (C=O) groups is 1. The largest absolute Gasteiger partial charge is 0.484 e. The molecule has 23 heavy (non-hydrogen) atoms. The molecule has 122 valence electrons. The van der Waals surface area contributed by atoms with Crippen LogP contribution >= 0.6 is 0 Å². The number of hydrogen-bond donors (Lipinski definition) is 2. The number of ether oxygens (including phenoxy) is 1. The molecule has 2 rings (SSSR count). The number of para-hydroxylation sites is 1. The number of nitrogens with one attached hydrogen (secondary N) is 2. The average Bonchev–Trinajstić information content (AvgIpc) is 2.55. The van der Waals surface area contributed by atoms with Gasteiger partial charge in [0, 0.05) is 17.4 Å². The summed E-state index contributed by atoms with van der Waals surface area (Å²) >= 11 is 0. The third-order valence-electron chi connectivity index (χ3n) is 3.42. The van der Waals surface area contributed by atoms with Crippen molar-refractivity contribution in [3.05, 3.63) is 54.6 Å². The van der Waals surface area contributed by atoms with Crippen molar-refractivity contribution in [2.75, 3.05) is 11.9 Å². The topological polar surface area (TPSA) is 50.4 Å². The minimum Gasteiger partial charge on any atom is -0.484 e. The smallest absolute Gasteiger partial charge is 0.258 e. The van der Waals surface area contributed by atoms with Crippen LogP contribution in [0, 0.1) is 0 Å². The number of benzene rings is 2. The first-order chi connectivity index (χ1) is 11.2. The van der Waals surface area contributed by atoms with Gasteiger partial charge in [-0.3, -0.25) is 4.79 Å². The third-order valence-corrected chi connectivity index (χ3v) is 3.42. The Balaban J connectivity index is 1.80. The second kappa shape index (κ2) is 8.83. The van der Waals surface area contributed by atoms with Crippen LogP contribution in [0.2, 0.25) is 0 Å². The Hall–Kier alpha value is -2.49. The Morgan fingerprint density at radius 1 is 1.04 bits per heavy atom. The van der Waals surface area contributed by atoms with Crippen molar-refractivity contribution in [1.29, 1.82) is 0 Å². The lowest BCUT2D eigenvalue weighted by molar-refractivity contribution is -0.123. The maximum atomic E-state index is 11.8. The van der Waals surface area contributed by atoms with Gasteiger partial charge in [-0.25, -0.2) is 0 Å². The molecule has 4 heteroatoms. The van der Waals surface area contributed by atoms with Crippen molar-refractivity contribution in [3.63, 3.8) is 0 Å². The molecule has 0 fully saturated rings. The number of rotatable bonds is 8. The fraction of sp³-hybridized carbons (Fsp3) is 0.316. The summed E-state index contributed by atoms with van der Waals surface area (Å²) in [6.07, 6.45) is 2.03. The SMILES string of the molecule is CCCC(C)NC(=O)COc1ccc(Nc2ccccc2)cc1. The van der Waals surface area contributed by atoms with Gasteiger partial charge in [0.15, 0.2) is 6.61 Å². The van der Waals surface area contributed by atoms with Crippen molar-refractivity contribution >= 4 is 17.3 Å². The van der Waals surface area contributed by atoms with E-state index in [0.29, 0.717) is 5.75 Å². The van der Waals surface area contributed by atoms with Gasteiger partial charge in [0.05, 0.1) is 0 Å². The summed E-state index contributed by atoms with van der Waals surface area (Å²) in [7, 11) is 0. The van der Waals surface area contributed by atoms with Crippen LogP contribution in [-0.2, 0) is 4.79 Å². The van der Waals surface area contributed by atoms with Crippen molar-refractivity contribution in [2.24, 2.45) is 0 Å². The van der Waals surface area contributed by atoms with Crippen molar-refractivity contribution < 1.29 is 9.53 Å². The molecule has 0 aliphatic carbocycles. The Morgan fingerprint density at radius 3 is 2.35 bits per heavy atom. The number of anilines is 2. The second-order valence-corrected chi connectivity index (χ2v) is 5.56. The first-order valence-corrected chi connectivity index (χ1v) is 8.01. The molecule has 0 radical (unpaired) electrons. The van der Waals surface area contributed by atoms with Crippen molar-refractivity contribution in [3.8, 4) is 5.75 Å². The van der Waals surface area contributed by atoms with E-state index >= 15 is 0 Å². The summed E-state index contributed by atoms with van der Waals surface area (Å²) < 4.78 is 5.51. The normalized spacial score (nSPS) is 11.6. The maximum Gasteiger partial charge on any atom is 0.258 e. The zero-order valence-corrected chi connectivity index (χ0v) is 13.7. The molecule has 0 saturated carbocycles. The van der Waals surface area contributed by atoms with E-state index in [2.05, 4.69) is 17.6 Å². The van der Waals surface area contributed by atoms with Crippen LogP contribution in [0.1, 0.15) is 26.7 Å². The van der Waals surface area contributed by atoms with Crippen LogP contribution in [0.5, 0.6) is 5.75 Å². The van der Waals surface area contributed by atoms with Crippen LogP contribution in [0.4, 0.5) is 11.4 Å². The van der Waals surface area contributed by atoms with Crippen molar-refractivity contribution in [1.82, 2.24) is 5.32 Å². The van der Waals surface area contributed by atoms with Crippen LogP contribution in [0.15, 0.2) is 54.6 Å². The van der Waals surface area contributed by atoms with Gasteiger partial charge in [-0.05, 0) is 49.7 Å². The predicted molar refractivity (Wildman–Crippen MR) is 94.2 cm³/mol. The maximum absolute atomic E-state index is 11.8. The summed E-state index contributed by atoms with van der Waals surface area (Å²) in [5, 5.41) is 6.22. The second-order valence-electron chi connectivity index (χ2n) is 5.56. The molecular weight excluding hydrogens is 288 g/mol. The lowest BCUT2D eigenvalue weighted by Crippen LogP contribution is -2.35. The van der Waals surface area contributed by atoms with Crippen LogP contribution < -0.4 is 15.4 Å². The Morgan fingerprint density at radius 2 is 1.70 bits per heavy atom. The summed E-state index contributed by atoms with van der Waals surface area (Å²) in [6.45, 7) is 4.15. The van der Waals surface area contributed by atoms with E-state index in [9.17, 15) is 4.79 Å². The highest BCUT2D eigenvalue weighted by molar-refractivity contribution is 5.77. The fourth-order valence-corrected chi connectivity index (χ4v) is 2.29. The number of amides is 1. The van der Waals surface area contributed by atoms with E-state index in [4.69, 9.17) is 4.74 Å². The van der Waals surface area contributed by atoms with E-state index in [-0.39, 0.29) is 18.6 Å². The summed E-state index contributed by atoms with van der Waals surface area (Å²) in [4.78, 5) is 11.8. The van der Waals surface area contributed by atoms with E-state index in [1.165, 1.54) is 0 Å². The van der Waals surface area contributed by atoms with E-state index in [1.807, 2.05) is 61.5 Å². The van der Waals surface area contributed by atoms with Gasteiger partial charge >= 0.3 is 0 Å².